The van der Waals surface area contributed by atoms with E-state index in [0.29, 0.717) is 21.4 Å². The van der Waals surface area contributed by atoms with Crippen LogP contribution in [-0.2, 0) is 9.59 Å². The maximum absolute atomic E-state index is 13.7. The van der Waals surface area contributed by atoms with Crippen molar-refractivity contribution in [2.24, 2.45) is 34.5 Å². The number of thioether (sulfide) groups is 1. The smallest absolute Gasteiger partial charge is 0.178 e. The molecule has 0 amide bonds. The van der Waals surface area contributed by atoms with Gasteiger partial charge in [-0.05, 0) is 67.7 Å². The molecule has 2 N–H and O–H groups in total. The molecule has 0 aromatic heterocycles. The molecular formula is C28H32Cl2O4S. The van der Waals surface area contributed by atoms with Gasteiger partial charge in [-0.2, -0.15) is 0 Å². The number of allylic oxidation sites excluding steroid dienone is 4. The van der Waals surface area contributed by atoms with Gasteiger partial charge in [-0.25, -0.2) is 0 Å². The molecule has 1 aromatic rings. The highest BCUT2D eigenvalue weighted by molar-refractivity contribution is 8.00. The third-order valence-electron chi connectivity index (χ3n) is 9.77. The summed E-state index contributed by atoms with van der Waals surface area (Å²) < 4.78 is 0. The second-order valence-electron chi connectivity index (χ2n) is 11.4. The van der Waals surface area contributed by atoms with Gasteiger partial charge in [-0.1, -0.05) is 61.7 Å². The Balaban J connectivity index is 1.45. The summed E-state index contributed by atoms with van der Waals surface area (Å²) >= 11 is 13.9. The topological polar surface area (TPSA) is 74.6 Å². The molecule has 4 nitrogen and oxygen atoms in total. The van der Waals surface area contributed by atoms with Crippen molar-refractivity contribution in [3.63, 3.8) is 0 Å². The minimum atomic E-state index is -1.54. The van der Waals surface area contributed by atoms with Crippen LogP contribution in [0.15, 0.2) is 46.9 Å². The monoisotopic (exact) mass is 534 g/mol. The van der Waals surface area contributed by atoms with Crippen LogP contribution in [0.3, 0.4) is 0 Å². The van der Waals surface area contributed by atoms with Crippen LogP contribution >= 0.6 is 35.0 Å². The first-order valence-electron chi connectivity index (χ1n) is 12.4. The van der Waals surface area contributed by atoms with E-state index >= 15 is 0 Å². The normalized spacial score (nSPS) is 42.2. The van der Waals surface area contributed by atoms with Crippen LogP contribution < -0.4 is 0 Å². The summed E-state index contributed by atoms with van der Waals surface area (Å²) in [5, 5.41) is 24.7. The summed E-state index contributed by atoms with van der Waals surface area (Å²) in [6.45, 7) is 6.09. The Morgan fingerprint density at radius 3 is 2.60 bits per heavy atom. The lowest BCUT2D eigenvalue weighted by Gasteiger charge is -2.59. The highest BCUT2D eigenvalue weighted by Gasteiger charge is 2.70. The van der Waals surface area contributed by atoms with Gasteiger partial charge in [-0.15, -0.1) is 11.8 Å². The van der Waals surface area contributed by atoms with Gasteiger partial charge in [0.1, 0.15) is 5.60 Å². The first-order valence-corrected chi connectivity index (χ1v) is 14.1. The average molecular weight is 536 g/mol. The van der Waals surface area contributed by atoms with E-state index in [2.05, 4.69) is 6.92 Å². The number of Topliss-reactive ketones (excluding diaryl/α,β-unsaturated/α-hetero) is 1. The van der Waals surface area contributed by atoms with E-state index in [-0.39, 0.29) is 46.4 Å². The number of benzene rings is 1. The molecule has 0 heterocycles. The van der Waals surface area contributed by atoms with E-state index in [1.807, 2.05) is 19.9 Å². The molecule has 1 aromatic carbocycles. The fourth-order valence-electron chi connectivity index (χ4n) is 8.12. The Hall–Kier alpha value is -1.11. The van der Waals surface area contributed by atoms with Crippen LogP contribution in [0.25, 0.3) is 0 Å². The SMILES string of the molecule is C[C@@H]1CC2C3CCC4=CC(=O)C=CC4(C)C3C(O)CC2(C)[C@@]1(O)C(=O)CSc1c(Cl)cccc1Cl. The fraction of sp³-hybridized carbons (Fsp3) is 0.571. The molecule has 0 aliphatic heterocycles. The van der Waals surface area contributed by atoms with Crippen LogP contribution in [0.4, 0.5) is 0 Å². The third-order valence-corrected chi connectivity index (χ3v) is 11.8. The Morgan fingerprint density at radius 2 is 1.91 bits per heavy atom. The van der Waals surface area contributed by atoms with E-state index in [9.17, 15) is 19.8 Å². The highest BCUT2D eigenvalue weighted by Crippen LogP contribution is 2.68. The fourth-order valence-corrected chi connectivity index (χ4v) is 9.75. The summed E-state index contributed by atoms with van der Waals surface area (Å²) in [7, 11) is 0. The Bertz CT molecular complexity index is 1130. The molecule has 3 saturated carbocycles. The van der Waals surface area contributed by atoms with Gasteiger partial charge < -0.3 is 10.2 Å². The van der Waals surface area contributed by atoms with Crippen LogP contribution in [0.2, 0.25) is 10.0 Å². The summed E-state index contributed by atoms with van der Waals surface area (Å²) in [6, 6.07) is 5.24. The van der Waals surface area contributed by atoms with Gasteiger partial charge in [0.15, 0.2) is 11.6 Å². The molecule has 188 valence electrons. The molecule has 0 bridgehead atoms. The van der Waals surface area contributed by atoms with Crippen LogP contribution in [-0.4, -0.2) is 39.2 Å². The van der Waals surface area contributed by atoms with Crippen molar-refractivity contribution in [1.82, 2.24) is 0 Å². The highest BCUT2D eigenvalue weighted by atomic mass is 35.5. The van der Waals surface area contributed by atoms with Crippen molar-refractivity contribution < 1.29 is 19.8 Å². The number of halogens is 2. The van der Waals surface area contributed by atoms with Gasteiger partial charge in [0.25, 0.3) is 0 Å². The number of carbonyl (C=O) groups excluding carboxylic acids is 2. The standard InChI is InChI=1S/C28H32Cl2O4S/c1-15-11-19-18-8-7-16-12-17(31)9-10-26(16,2)24(18)22(32)13-27(19,3)28(15,34)23(33)14-35-25-20(29)5-4-6-21(25)30/h4-6,9-10,12,15,18-19,22,24,32,34H,7-8,11,13-14H2,1-3H3/t15-,18?,19?,22?,24?,26?,27?,28+/m1/s1. The van der Waals surface area contributed by atoms with Crippen LogP contribution in [0.1, 0.15) is 46.5 Å². The summed E-state index contributed by atoms with van der Waals surface area (Å²) in [5.74, 6) is -0.148. The lowest BCUT2D eigenvalue weighted by atomic mass is 9.46. The van der Waals surface area contributed by atoms with Crippen molar-refractivity contribution in [2.45, 2.75) is 63.1 Å². The molecule has 6 unspecified atom stereocenters. The maximum atomic E-state index is 13.7. The largest absolute Gasteiger partial charge is 0.393 e. The Morgan fingerprint density at radius 1 is 1.23 bits per heavy atom. The molecule has 4 aliphatic carbocycles. The molecule has 0 spiro atoms. The molecule has 3 fully saturated rings. The third kappa shape index (κ3) is 3.64. The van der Waals surface area contributed by atoms with E-state index in [4.69, 9.17) is 23.2 Å². The maximum Gasteiger partial charge on any atom is 0.178 e. The number of aliphatic hydroxyl groups excluding tert-OH is 1. The molecule has 5 rings (SSSR count). The minimum absolute atomic E-state index is 0.0108. The Kier molecular flexibility index (Phi) is 6.37. The number of aliphatic hydroxyl groups is 2. The molecular weight excluding hydrogens is 503 g/mol. The number of rotatable bonds is 4. The van der Waals surface area contributed by atoms with Gasteiger partial charge in [0.05, 0.1) is 21.9 Å². The lowest BCUT2D eigenvalue weighted by molar-refractivity contribution is -0.179. The van der Waals surface area contributed by atoms with Gasteiger partial charge in [0.2, 0.25) is 0 Å². The summed E-state index contributed by atoms with van der Waals surface area (Å²) in [5.41, 5.74) is -1.55. The zero-order valence-electron chi connectivity index (χ0n) is 20.3. The molecule has 4 aliphatic rings. The minimum Gasteiger partial charge on any atom is -0.393 e. The average Bonchev–Trinajstić information content (AvgIpc) is 3.00. The molecule has 35 heavy (non-hydrogen) atoms. The van der Waals surface area contributed by atoms with Gasteiger partial charge in [0, 0.05) is 21.6 Å². The van der Waals surface area contributed by atoms with E-state index in [1.165, 1.54) is 11.8 Å². The number of ketones is 2. The second kappa shape index (κ2) is 8.73. The van der Waals surface area contributed by atoms with Crippen LogP contribution in [0, 0.1) is 34.5 Å². The summed E-state index contributed by atoms with van der Waals surface area (Å²) in [6.07, 6.45) is 7.41. The van der Waals surface area contributed by atoms with Crippen molar-refractivity contribution in [3.8, 4) is 0 Å². The summed E-state index contributed by atoms with van der Waals surface area (Å²) in [4.78, 5) is 26.4. The number of fused-ring (bicyclic) bond motifs is 5. The lowest BCUT2D eigenvalue weighted by Crippen LogP contribution is -2.62. The molecule has 8 atom stereocenters. The van der Waals surface area contributed by atoms with Gasteiger partial charge in [-0.3, -0.25) is 9.59 Å². The molecule has 0 saturated heterocycles. The second-order valence-corrected chi connectivity index (χ2v) is 13.2. The van der Waals surface area contributed by atoms with Gasteiger partial charge >= 0.3 is 0 Å². The van der Waals surface area contributed by atoms with E-state index in [0.717, 1.165) is 24.8 Å². The van der Waals surface area contributed by atoms with E-state index < -0.39 is 17.1 Å². The van der Waals surface area contributed by atoms with Crippen molar-refractivity contribution in [2.75, 3.05) is 5.75 Å². The number of carbonyl (C=O) groups is 2. The number of hydrogen-bond donors (Lipinski definition) is 2. The predicted octanol–water partition coefficient (Wildman–Crippen LogP) is 5.91. The molecule has 7 heteroatoms. The Labute approximate surface area is 221 Å². The number of hydrogen-bond acceptors (Lipinski definition) is 5. The zero-order chi connectivity index (χ0) is 25.3. The van der Waals surface area contributed by atoms with E-state index in [1.54, 1.807) is 30.4 Å². The first-order chi connectivity index (χ1) is 16.4. The predicted molar refractivity (Wildman–Crippen MR) is 140 cm³/mol. The molecule has 0 radical (unpaired) electrons. The quantitative estimate of drug-likeness (QED) is 0.469. The van der Waals surface area contributed by atoms with Crippen molar-refractivity contribution in [3.05, 3.63) is 52.0 Å². The van der Waals surface area contributed by atoms with Crippen LogP contribution in [0.5, 0.6) is 0 Å². The van der Waals surface area contributed by atoms with Crippen molar-refractivity contribution in [1.29, 1.82) is 0 Å². The zero-order valence-corrected chi connectivity index (χ0v) is 22.6. The first kappa shape index (κ1) is 25.5. The van der Waals surface area contributed by atoms with Crippen molar-refractivity contribution >= 4 is 46.5 Å².